The van der Waals surface area contributed by atoms with E-state index in [-0.39, 0.29) is 0 Å². The number of para-hydroxylation sites is 3. The molecule has 0 amide bonds. The van der Waals surface area contributed by atoms with Gasteiger partial charge in [0.15, 0.2) is 0 Å². The highest BCUT2D eigenvalue weighted by molar-refractivity contribution is 6.26. The van der Waals surface area contributed by atoms with Crippen LogP contribution in [0.1, 0.15) is 0 Å². The zero-order chi connectivity index (χ0) is 40.3. The highest BCUT2D eigenvalue weighted by atomic mass is 15.1. The predicted octanol–water partition coefficient (Wildman–Crippen LogP) is 15.8. The normalized spacial score (nSPS) is 11.6. The van der Waals surface area contributed by atoms with Crippen molar-refractivity contribution in [3.63, 3.8) is 0 Å². The topological polar surface area (TPSA) is 13.1 Å². The molecule has 0 spiro atoms. The third kappa shape index (κ3) is 5.74. The van der Waals surface area contributed by atoms with Crippen LogP contribution in [0.4, 0.5) is 17.1 Å². The first-order valence-corrected chi connectivity index (χ1v) is 20.9. The first-order valence-electron chi connectivity index (χ1n) is 20.9. The molecular formula is C58H39N3. The van der Waals surface area contributed by atoms with E-state index >= 15 is 0 Å². The summed E-state index contributed by atoms with van der Waals surface area (Å²) in [5, 5.41) is 7.43. The van der Waals surface area contributed by atoms with Gasteiger partial charge in [0.1, 0.15) is 0 Å². The molecule has 0 saturated heterocycles. The largest absolute Gasteiger partial charge is 0.310 e. The minimum absolute atomic E-state index is 1.08. The van der Waals surface area contributed by atoms with Crippen LogP contribution in [-0.2, 0) is 0 Å². The van der Waals surface area contributed by atoms with Gasteiger partial charge in [-0.1, -0.05) is 158 Å². The van der Waals surface area contributed by atoms with Crippen LogP contribution < -0.4 is 4.90 Å². The summed E-state index contributed by atoms with van der Waals surface area (Å²) < 4.78 is 4.91. The Morgan fingerprint density at radius 2 is 0.902 bits per heavy atom. The van der Waals surface area contributed by atoms with E-state index in [1.807, 2.05) is 0 Å². The Bertz CT molecular complexity index is 3560. The lowest BCUT2D eigenvalue weighted by molar-refractivity contribution is 1.17. The maximum absolute atomic E-state index is 2.48. The van der Waals surface area contributed by atoms with Crippen molar-refractivity contribution in [1.29, 1.82) is 0 Å². The third-order valence-electron chi connectivity index (χ3n) is 12.3. The number of aromatic nitrogens is 2. The Labute approximate surface area is 354 Å². The lowest BCUT2D eigenvalue weighted by Crippen LogP contribution is -2.11. The molecule has 0 aliphatic heterocycles. The molecule has 3 heteroatoms. The molecule has 0 aliphatic carbocycles. The van der Waals surface area contributed by atoms with Gasteiger partial charge in [-0.25, -0.2) is 0 Å². The van der Waals surface area contributed by atoms with Gasteiger partial charge in [0.2, 0.25) is 0 Å². The highest BCUT2D eigenvalue weighted by Gasteiger charge is 2.22. The van der Waals surface area contributed by atoms with E-state index in [1.54, 1.807) is 0 Å². The average molecular weight is 778 g/mol. The van der Waals surface area contributed by atoms with Crippen LogP contribution in [0.25, 0.3) is 88.0 Å². The Morgan fingerprint density at radius 3 is 1.66 bits per heavy atom. The quantitative estimate of drug-likeness (QED) is 0.157. The molecule has 12 rings (SSSR count). The average Bonchev–Trinajstić information content (AvgIpc) is 3.86. The molecule has 2 aromatic heterocycles. The molecule has 0 bridgehead atoms. The molecule has 0 fully saturated rings. The number of hydrogen-bond donors (Lipinski definition) is 0. The summed E-state index contributed by atoms with van der Waals surface area (Å²) in [6.07, 6.45) is 0. The molecule has 2 heterocycles. The Hall–Kier alpha value is -8.14. The fourth-order valence-corrected chi connectivity index (χ4v) is 9.52. The SMILES string of the molecule is c1ccc(-c2ccc(N(c3ccccc3)c3ccc(-n4c5ccccc5c5ccc6c(c7ccccc7n6-c6ccc7ccccc7c6)c54)cc3)c(-c3ccccc3)c2)cc1. The van der Waals surface area contributed by atoms with Gasteiger partial charge in [-0.3, -0.25) is 0 Å². The predicted molar refractivity (Wildman–Crippen MR) is 258 cm³/mol. The van der Waals surface area contributed by atoms with Crippen molar-refractivity contribution >= 4 is 71.4 Å². The summed E-state index contributed by atoms with van der Waals surface area (Å²) in [7, 11) is 0. The number of fused-ring (bicyclic) bond motifs is 8. The van der Waals surface area contributed by atoms with Gasteiger partial charge in [-0.05, 0) is 106 Å². The molecular weight excluding hydrogens is 739 g/mol. The van der Waals surface area contributed by atoms with Gasteiger partial charge in [-0.2, -0.15) is 0 Å². The number of rotatable bonds is 7. The third-order valence-corrected chi connectivity index (χ3v) is 12.3. The zero-order valence-electron chi connectivity index (χ0n) is 33.4. The fraction of sp³-hybridized carbons (Fsp3) is 0. The van der Waals surface area contributed by atoms with Crippen LogP contribution >= 0.6 is 0 Å². The van der Waals surface area contributed by atoms with Crippen molar-refractivity contribution in [1.82, 2.24) is 9.13 Å². The van der Waals surface area contributed by atoms with E-state index in [4.69, 9.17) is 0 Å². The van der Waals surface area contributed by atoms with E-state index in [2.05, 4.69) is 251 Å². The number of hydrogen-bond acceptors (Lipinski definition) is 1. The van der Waals surface area contributed by atoms with Gasteiger partial charge in [0.05, 0.1) is 27.8 Å². The molecule has 0 unspecified atom stereocenters. The Morgan fingerprint density at radius 1 is 0.311 bits per heavy atom. The Kier molecular flexibility index (Phi) is 8.17. The van der Waals surface area contributed by atoms with Crippen LogP contribution in [0.5, 0.6) is 0 Å². The van der Waals surface area contributed by atoms with Crippen LogP contribution in [0.3, 0.4) is 0 Å². The molecule has 0 radical (unpaired) electrons. The number of benzene rings is 10. The van der Waals surface area contributed by atoms with Gasteiger partial charge >= 0.3 is 0 Å². The van der Waals surface area contributed by atoms with Gasteiger partial charge in [0.25, 0.3) is 0 Å². The molecule has 61 heavy (non-hydrogen) atoms. The molecule has 12 aromatic rings. The minimum atomic E-state index is 1.08. The monoisotopic (exact) mass is 777 g/mol. The summed E-state index contributed by atoms with van der Waals surface area (Å²) in [4.78, 5) is 2.39. The van der Waals surface area contributed by atoms with Gasteiger partial charge in [0, 0.05) is 49.9 Å². The van der Waals surface area contributed by atoms with Gasteiger partial charge < -0.3 is 14.0 Å². The van der Waals surface area contributed by atoms with E-state index in [9.17, 15) is 0 Å². The van der Waals surface area contributed by atoms with Crippen molar-refractivity contribution in [2.24, 2.45) is 0 Å². The van der Waals surface area contributed by atoms with E-state index < -0.39 is 0 Å². The van der Waals surface area contributed by atoms with Crippen molar-refractivity contribution in [2.75, 3.05) is 4.90 Å². The lowest BCUT2D eigenvalue weighted by atomic mass is 9.96. The molecule has 10 aromatic carbocycles. The Balaban J connectivity index is 1.07. The number of nitrogens with zero attached hydrogens (tertiary/aromatic N) is 3. The second kappa shape index (κ2) is 14.3. The molecule has 286 valence electrons. The summed E-state index contributed by atoms with van der Waals surface area (Å²) in [5.74, 6) is 0. The first kappa shape index (κ1) is 34.9. The summed E-state index contributed by atoms with van der Waals surface area (Å²) in [5.41, 5.74) is 15.1. The molecule has 0 aliphatic rings. The van der Waals surface area contributed by atoms with Crippen molar-refractivity contribution in [3.05, 3.63) is 237 Å². The van der Waals surface area contributed by atoms with Crippen molar-refractivity contribution < 1.29 is 0 Å². The minimum Gasteiger partial charge on any atom is -0.310 e. The summed E-state index contributed by atoms with van der Waals surface area (Å²) >= 11 is 0. The zero-order valence-corrected chi connectivity index (χ0v) is 33.4. The molecule has 3 nitrogen and oxygen atoms in total. The smallest absolute Gasteiger partial charge is 0.0641 e. The lowest BCUT2D eigenvalue weighted by Gasteiger charge is -2.28. The van der Waals surface area contributed by atoms with E-state index in [0.717, 1.165) is 28.4 Å². The number of anilines is 3. The second-order valence-corrected chi connectivity index (χ2v) is 15.7. The fourth-order valence-electron chi connectivity index (χ4n) is 9.52. The maximum Gasteiger partial charge on any atom is 0.0641 e. The molecule has 0 N–H and O–H groups in total. The standard InChI is InChI=1S/C58H39N3/c1-4-16-40(17-5-1)44-29-36-55(52(39-44)42-19-6-2-7-20-42)59(45-22-8-3-9-23-45)46-31-33-47(34-32-46)61-53-26-14-12-24-49(53)50-35-37-56-57(58(50)61)51-25-13-15-27-54(51)60(56)48-30-28-41-18-10-11-21-43(41)38-48/h1-39H. The molecule has 0 saturated carbocycles. The van der Waals surface area contributed by atoms with Crippen molar-refractivity contribution in [3.8, 4) is 33.6 Å². The van der Waals surface area contributed by atoms with Crippen LogP contribution in [0.2, 0.25) is 0 Å². The first-order chi connectivity index (χ1) is 30.3. The highest BCUT2D eigenvalue weighted by Crippen LogP contribution is 2.45. The van der Waals surface area contributed by atoms with Crippen LogP contribution in [0.15, 0.2) is 237 Å². The summed E-state index contributed by atoms with van der Waals surface area (Å²) in [6, 6.07) is 85.9. The van der Waals surface area contributed by atoms with E-state index in [0.29, 0.717) is 0 Å². The summed E-state index contributed by atoms with van der Waals surface area (Å²) in [6.45, 7) is 0. The van der Waals surface area contributed by atoms with Gasteiger partial charge in [-0.15, -0.1) is 0 Å². The van der Waals surface area contributed by atoms with E-state index in [1.165, 1.54) is 76.6 Å². The maximum atomic E-state index is 2.48. The van der Waals surface area contributed by atoms with Crippen LogP contribution in [-0.4, -0.2) is 9.13 Å². The van der Waals surface area contributed by atoms with Crippen molar-refractivity contribution in [2.45, 2.75) is 0 Å². The molecule has 0 atom stereocenters. The second-order valence-electron chi connectivity index (χ2n) is 15.7. The van der Waals surface area contributed by atoms with Crippen LogP contribution in [0, 0.1) is 0 Å².